The summed E-state index contributed by atoms with van der Waals surface area (Å²) in [6, 6.07) is 9.00. The molecular formula is C16H21N3O. The molecule has 4 heteroatoms. The largest absolute Gasteiger partial charge is 0.325 e. The molecule has 2 atom stereocenters. The van der Waals surface area contributed by atoms with E-state index in [0.717, 1.165) is 18.8 Å². The van der Waals surface area contributed by atoms with Gasteiger partial charge in [-0.3, -0.25) is 9.69 Å². The number of nitriles is 1. The SMILES string of the molecule is C[C@H]1C[C@H](C)CN(CC(=O)Nc2ccc(C#N)cc2)C1. The molecule has 0 unspecified atom stereocenters. The Kier molecular flexibility index (Phi) is 4.75. The second-order valence-corrected chi connectivity index (χ2v) is 5.88. The van der Waals surface area contributed by atoms with E-state index in [1.54, 1.807) is 24.3 Å². The molecule has 1 N–H and O–H groups in total. The van der Waals surface area contributed by atoms with Crippen LogP contribution < -0.4 is 5.32 Å². The third-order valence-electron chi connectivity index (χ3n) is 3.61. The van der Waals surface area contributed by atoms with Gasteiger partial charge in [0, 0.05) is 18.8 Å². The summed E-state index contributed by atoms with van der Waals surface area (Å²) in [5, 5.41) is 11.6. The molecule has 106 valence electrons. The van der Waals surface area contributed by atoms with Crippen molar-refractivity contribution in [3.8, 4) is 6.07 Å². The van der Waals surface area contributed by atoms with E-state index in [9.17, 15) is 4.79 Å². The molecule has 1 aromatic carbocycles. The average molecular weight is 271 g/mol. The number of likely N-dealkylation sites (tertiary alicyclic amines) is 1. The third-order valence-corrected chi connectivity index (χ3v) is 3.61. The molecule has 0 bridgehead atoms. The highest BCUT2D eigenvalue weighted by atomic mass is 16.2. The fraction of sp³-hybridized carbons (Fsp3) is 0.500. The lowest BCUT2D eigenvalue weighted by Crippen LogP contribution is -2.42. The van der Waals surface area contributed by atoms with Gasteiger partial charge in [0.2, 0.25) is 5.91 Å². The molecule has 1 amide bonds. The third kappa shape index (κ3) is 4.07. The summed E-state index contributed by atoms with van der Waals surface area (Å²) in [6.07, 6.45) is 1.24. The van der Waals surface area contributed by atoms with Crippen LogP contribution in [0.4, 0.5) is 5.69 Å². The quantitative estimate of drug-likeness (QED) is 0.918. The number of nitrogens with one attached hydrogen (secondary N) is 1. The van der Waals surface area contributed by atoms with E-state index in [1.807, 2.05) is 0 Å². The van der Waals surface area contributed by atoms with Gasteiger partial charge in [0.1, 0.15) is 0 Å². The van der Waals surface area contributed by atoms with E-state index in [0.29, 0.717) is 23.9 Å². The molecule has 0 radical (unpaired) electrons. The lowest BCUT2D eigenvalue weighted by molar-refractivity contribution is -0.117. The summed E-state index contributed by atoms with van der Waals surface area (Å²) in [5.41, 5.74) is 1.34. The van der Waals surface area contributed by atoms with E-state index in [2.05, 4.69) is 30.1 Å². The lowest BCUT2D eigenvalue weighted by atomic mass is 9.92. The number of carbonyl (C=O) groups is 1. The van der Waals surface area contributed by atoms with Crippen LogP contribution >= 0.6 is 0 Å². The number of hydrogen-bond acceptors (Lipinski definition) is 3. The van der Waals surface area contributed by atoms with Crippen molar-refractivity contribution in [2.24, 2.45) is 11.8 Å². The van der Waals surface area contributed by atoms with Gasteiger partial charge >= 0.3 is 0 Å². The molecule has 1 aliphatic heterocycles. The fourth-order valence-corrected chi connectivity index (χ4v) is 2.95. The highest BCUT2D eigenvalue weighted by Crippen LogP contribution is 2.20. The Balaban J connectivity index is 1.87. The van der Waals surface area contributed by atoms with Crippen molar-refractivity contribution in [1.82, 2.24) is 4.90 Å². The van der Waals surface area contributed by atoms with Gasteiger partial charge in [0.25, 0.3) is 0 Å². The average Bonchev–Trinajstić information content (AvgIpc) is 2.38. The van der Waals surface area contributed by atoms with Gasteiger partial charge < -0.3 is 5.32 Å². The Morgan fingerprint density at radius 2 is 1.90 bits per heavy atom. The molecule has 1 fully saturated rings. The van der Waals surface area contributed by atoms with Crippen LogP contribution in [-0.4, -0.2) is 30.4 Å². The van der Waals surface area contributed by atoms with Gasteiger partial charge in [-0.15, -0.1) is 0 Å². The van der Waals surface area contributed by atoms with E-state index >= 15 is 0 Å². The van der Waals surface area contributed by atoms with Gasteiger partial charge in [-0.1, -0.05) is 13.8 Å². The molecule has 20 heavy (non-hydrogen) atoms. The van der Waals surface area contributed by atoms with E-state index < -0.39 is 0 Å². The van der Waals surface area contributed by atoms with Crippen LogP contribution in [0.3, 0.4) is 0 Å². The zero-order valence-electron chi connectivity index (χ0n) is 12.1. The first-order chi connectivity index (χ1) is 9.56. The van der Waals surface area contributed by atoms with Crippen molar-refractivity contribution in [3.63, 3.8) is 0 Å². The van der Waals surface area contributed by atoms with Crippen LogP contribution in [-0.2, 0) is 4.79 Å². The summed E-state index contributed by atoms with van der Waals surface area (Å²) in [5.74, 6) is 1.32. The van der Waals surface area contributed by atoms with Crippen molar-refractivity contribution in [1.29, 1.82) is 5.26 Å². The van der Waals surface area contributed by atoms with Crippen LogP contribution in [0.15, 0.2) is 24.3 Å². The maximum atomic E-state index is 12.0. The van der Waals surface area contributed by atoms with Crippen molar-refractivity contribution in [2.75, 3.05) is 25.0 Å². The fourth-order valence-electron chi connectivity index (χ4n) is 2.95. The number of benzene rings is 1. The van der Waals surface area contributed by atoms with Crippen LogP contribution in [0.5, 0.6) is 0 Å². The predicted molar refractivity (Wildman–Crippen MR) is 79.2 cm³/mol. The number of anilines is 1. The smallest absolute Gasteiger partial charge is 0.238 e. The first-order valence-electron chi connectivity index (χ1n) is 7.09. The van der Waals surface area contributed by atoms with E-state index in [1.165, 1.54) is 6.42 Å². The van der Waals surface area contributed by atoms with Crippen LogP contribution in [0.2, 0.25) is 0 Å². The number of carbonyl (C=O) groups excluding carboxylic acids is 1. The van der Waals surface area contributed by atoms with E-state index in [-0.39, 0.29) is 5.91 Å². The molecular weight excluding hydrogens is 250 g/mol. The summed E-state index contributed by atoms with van der Waals surface area (Å²) < 4.78 is 0. The van der Waals surface area contributed by atoms with Crippen molar-refractivity contribution < 1.29 is 4.79 Å². The normalized spacial score (nSPS) is 23.1. The maximum Gasteiger partial charge on any atom is 0.238 e. The van der Waals surface area contributed by atoms with Gasteiger partial charge in [-0.05, 0) is 42.5 Å². The van der Waals surface area contributed by atoms with Gasteiger partial charge in [0.05, 0.1) is 18.2 Å². The van der Waals surface area contributed by atoms with Gasteiger partial charge in [-0.25, -0.2) is 0 Å². The van der Waals surface area contributed by atoms with Crippen LogP contribution in [0.25, 0.3) is 0 Å². The van der Waals surface area contributed by atoms with Gasteiger partial charge in [-0.2, -0.15) is 5.26 Å². The standard InChI is InChI=1S/C16H21N3O/c1-12-7-13(2)10-19(9-12)11-16(20)18-15-5-3-14(8-17)4-6-15/h3-6,12-13H,7,9-11H2,1-2H3,(H,18,20)/t12-,13-/m0/s1. The van der Waals surface area contributed by atoms with Crippen molar-refractivity contribution in [3.05, 3.63) is 29.8 Å². The van der Waals surface area contributed by atoms with Gasteiger partial charge in [0.15, 0.2) is 0 Å². The number of rotatable bonds is 3. The molecule has 0 aliphatic carbocycles. The van der Waals surface area contributed by atoms with Crippen molar-refractivity contribution >= 4 is 11.6 Å². The highest BCUT2D eigenvalue weighted by Gasteiger charge is 2.23. The summed E-state index contributed by atoms with van der Waals surface area (Å²) in [6.45, 7) is 6.90. The van der Waals surface area contributed by atoms with Crippen molar-refractivity contribution in [2.45, 2.75) is 20.3 Å². The Morgan fingerprint density at radius 3 is 2.45 bits per heavy atom. The molecule has 0 aromatic heterocycles. The topological polar surface area (TPSA) is 56.1 Å². The molecule has 1 heterocycles. The minimum Gasteiger partial charge on any atom is -0.325 e. The zero-order valence-corrected chi connectivity index (χ0v) is 12.1. The van der Waals surface area contributed by atoms with Crippen LogP contribution in [0, 0.1) is 23.2 Å². The van der Waals surface area contributed by atoms with E-state index in [4.69, 9.17) is 5.26 Å². The molecule has 2 rings (SSSR count). The van der Waals surface area contributed by atoms with Crippen LogP contribution in [0.1, 0.15) is 25.8 Å². The summed E-state index contributed by atoms with van der Waals surface area (Å²) in [4.78, 5) is 14.3. The number of piperidine rings is 1. The number of hydrogen-bond donors (Lipinski definition) is 1. The molecule has 0 saturated carbocycles. The monoisotopic (exact) mass is 271 g/mol. The summed E-state index contributed by atoms with van der Waals surface area (Å²) in [7, 11) is 0. The Hall–Kier alpha value is -1.86. The Morgan fingerprint density at radius 1 is 1.30 bits per heavy atom. The zero-order chi connectivity index (χ0) is 14.5. The number of nitrogens with zero attached hydrogens (tertiary/aromatic N) is 2. The minimum absolute atomic E-state index is 0.0102. The molecule has 1 aliphatic rings. The maximum absolute atomic E-state index is 12.0. The molecule has 4 nitrogen and oxygen atoms in total. The predicted octanol–water partition coefficient (Wildman–Crippen LogP) is 2.47. The summed E-state index contributed by atoms with van der Waals surface area (Å²) >= 11 is 0. The second-order valence-electron chi connectivity index (χ2n) is 5.88. The first kappa shape index (κ1) is 14.5. The molecule has 0 spiro atoms. The highest BCUT2D eigenvalue weighted by molar-refractivity contribution is 5.92. The minimum atomic E-state index is 0.0102. The molecule has 1 saturated heterocycles. The molecule has 1 aromatic rings. The first-order valence-corrected chi connectivity index (χ1v) is 7.09. The second kappa shape index (κ2) is 6.53. The lowest BCUT2D eigenvalue weighted by Gasteiger charge is -2.34. The Labute approximate surface area is 120 Å². The number of amides is 1. The Bertz CT molecular complexity index is 493.